The summed E-state index contributed by atoms with van der Waals surface area (Å²) in [5, 5.41) is 0. The van der Waals surface area contributed by atoms with Gasteiger partial charge in [-0.1, -0.05) is 57.4 Å². The molecular weight excluding hydrogens is 352 g/mol. The fraction of sp³-hybridized carbons (Fsp3) is 0.167. The van der Waals surface area contributed by atoms with E-state index in [-0.39, 0.29) is 0 Å². The Morgan fingerprint density at radius 3 is 2.00 bits per heavy atom. The van der Waals surface area contributed by atoms with E-state index < -0.39 is 11.9 Å². The highest BCUT2D eigenvalue weighted by atomic mass is 16.5. The van der Waals surface area contributed by atoms with Crippen LogP contribution in [-0.4, -0.2) is 11.9 Å². The molecule has 0 N–H and O–H groups in total. The van der Waals surface area contributed by atoms with Crippen molar-refractivity contribution in [2.45, 2.75) is 26.7 Å². The first-order chi connectivity index (χ1) is 13.5. The number of esters is 2. The second-order valence-corrected chi connectivity index (χ2v) is 5.97. The van der Waals surface area contributed by atoms with Gasteiger partial charge in [-0.2, -0.15) is 0 Å². The standard InChI is InChI=1S/C24H24O4/c1-5-20-18(13-16-22(21(20)6-2)28-24(26)8-4)12-9-17-10-14-19(15-11-17)27-23(25)7-3/h7-16H,3-6H2,1-2H3. The highest BCUT2D eigenvalue weighted by molar-refractivity contribution is 5.84. The molecule has 0 amide bonds. The molecule has 0 aliphatic carbocycles. The first kappa shape index (κ1) is 20.9. The average Bonchev–Trinajstić information content (AvgIpc) is 2.72. The van der Waals surface area contributed by atoms with Gasteiger partial charge in [-0.15, -0.1) is 0 Å². The largest absolute Gasteiger partial charge is 0.423 e. The summed E-state index contributed by atoms with van der Waals surface area (Å²) in [7, 11) is 0. The number of ether oxygens (including phenoxy) is 2. The fourth-order valence-electron chi connectivity index (χ4n) is 2.89. The van der Waals surface area contributed by atoms with E-state index in [4.69, 9.17) is 9.47 Å². The van der Waals surface area contributed by atoms with E-state index >= 15 is 0 Å². The monoisotopic (exact) mass is 376 g/mol. The Morgan fingerprint density at radius 2 is 1.43 bits per heavy atom. The lowest BCUT2D eigenvalue weighted by Gasteiger charge is -2.15. The van der Waals surface area contributed by atoms with Crippen molar-refractivity contribution in [3.8, 4) is 11.5 Å². The fourth-order valence-corrected chi connectivity index (χ4v) is 2.89. The van der Waals surface area contributed by atoms with Gasteiger partial charge in [0.2, 0.25) is 0 Å². The van der Waals surface area contributed by atoms with Crippen LogP contribution < -0.4 is 9.47 Å². The van der Waals surface area contributed by atoms with E-state index in [9.17, 15) is 9.59 Å². The summed E-state index contributed by atoms with van der Waals surface area (Å²) in [5.74, 6) is 0.102. The number of carbonyl (C=O) groups is 2. The first-order valence-corrected chi connectivity index (χ1v) is 9.13. The van der Waals surface area contributed by atoms with Crippen molar-refractivity contribution >= 4 is 24.1 Å². The summed E-state index contributed by atoms with van der Waals surface area (Å²) < 4.78 is 10.4. The second-order valence-electron chi connectivity index (χ2n) is 5.97. The van der Waals surface area contributed by atoms with Crippen LogP contribution in [0.1, 0.15) is 36.1 Å². The third-order valence-electron chi connectivity index (χ3n) is 4.23. The molecule has 2 rings (SSSR count). The van der Waals surface area contributed by atoms with Crippen molar-refractivity contribution in [2.24, 2.45) is 0 Å². The highest BCUT2D eigenvalue weighted by Crippen LogP contribution is 2.28. The molecule has 0 atom stereocenters. The Labute approximate surface area is 165 Å². The Morgan fingerprint density at radius 1 is 0.821 bits per heavy atom. The molecule has 4 nitrogen and oxygen atoms in total. The predicted molar refractivity (Wildman–Crippen MR) is 112 cm³/mol. The van der Waals surface area contributed by atoms with E-state index in [0.717, 1.165) is 47.2 Å². The SMILES string of the molecule is C=CC(=O)Oc1ccc(C=Cc2ccc(OC(=O)C=C)c(CC)c2CC)cc1. The van der Waals surface area contributed by atoms with Crippen LogP contribution in [0.2, 0.25) is 0 Å². The Hall–Kier alpha value is -3.40. The lowest BCUT2D eigenvalue weighted by atomic mass is 9.95. The molecule has 2 aromatic carbocycles. The lowest BCUT2D eigenvalue weighted by Crippen LogP contribution is -2.07. The third-order valence-corrected chi connectivity index (χ3v) is 4.23. The smallest absolute Gasteiger partial charge is 0.335 e. The molecule has 0 bridgehead atoms. The van der Waals surface area contributed by atoms with E-state index in [1.165, 1.54) is 0 Å². The Bertz CT molecular complexity index is 905. The summed E-state index contributed by atoms with van der Waals surface area (Å²) in [6.45, 7) is 10.9. The van der Waals surface area contributed by atoms with Gasteiger partial charge in [-0.25, -0.2) is 9.59 Å². The minimum absolute atomic E-state index is 0.461. The zero-order valence-electron chi connectivity index (χ0n) is 16.2. The Kier molecular flexibility index (Phi) is 7.52. The van der Waals surface area contributed by atoms with Crippen LogP contribution in [0.25, 0.3) is 12.2 Å². The molecule has 0 spiro atoms. The summed E-state index contributed by atoms with van der Waals surface area (Å²) in [6, 6.07) is 11.0. The van der Waals surface area contributed by atoms with Gasteiger partial charge in [0, 0.05) is 12.2 Å². The van der Waals surface area contributed by atoms with E-state index in [0.29, 0.717) is 11.5 Å². The molecule has 0 aliphatic heterocycles. The number of rotatable bonds is 8. The van der Waals surface area contributed by atoms with Crippen molar-refractivity contribution in [3.63, 3.8) is 0 Å². The Balaban J connectivity index is 2.27. The lowest BCUT2D eigenvalue weighted by molar-refractivity contribution is -0.129. The summed E-state index contributed by atoms with van der Waals surface area (Å²) in [5.41, 5.74) is 4.21. The van der Waals surface area contributed by atoms with Crippen molar-refractivity contribution in [3.05, 3.63) is 84.0 Å². The molecule has 0 aromatic heterocycles. The topological polar surface area (TPSA) is 52.6 Å². The molecule has 4 heteroatoms. The summed E-state index contributed by atoms with van der Waals surface area (Å²) in [4.78, 5) is 22.8. The minimum atomic E-state index is -0.486. The van der Waals surface area contributed by atoms with Gasteiger partial charge in [0.05, 0.1) is 0 Å². The molecule has 0 radical (unpaired) electrons. The number of hydrogen-bond acceptors (Lipinski definition) is 4. The van der Waals surface area contributed by atoms with Crippen LogP contribution in [0, 0.1) is 0 Å². The second kappa shape index (κ2) is 10.1. The molecule has 0 heterocycles. The van der Waals surface area contributed by atoms with Gasteiger partial charge < -0.3 is 9.47 Å². The molecular formula is C24H24O4. The van der Waals surface area contributed by atoms with Crippen LogP contribution >= 0.6 is 0 Å². The maximum absolute atomic E-state index is 11.6. The maximum atomic E-state index is 11.6. The molecule has 28 heavy (non-hydrogen) atoms. The number of carbonyl (C=O) groups excluding carboxylic acids is 2. The van der Waals surface area contributed by atoms with E-state index in [1.54, 1.807) is 12.1 Å². The minimum Gasteiger partial charge on any atom is -0.423 e. The predicted octanol–water partition coefficient (Wildman–Crippen LogP) is 5.16. The normalized spacial score (nSPS) is 10.5. The third kappa shape index (κ3) is 5.30. The summed E-state index contributed by atoms with van der Waals surface area (Å²) in [6.07, 6.45) is 7.88. The summed E-state index contributed by atoms with van der Waals surface area (Å²) >= 11 is 0. The highest BCUT2D eigenvalue weighted by Gasteiger charge is 2.12. The van der Waals surface area contributed by atoms with Crippen molar-refractivity contribution in [2.75, 3.05) is 0 Å². The van der Waals surface area contributed by atoms with Crippen LogP contribution in [0.3, 0.4) is 0 Å². The maximum Gasteiger partial charge on any atom is 0.335 e. The van der Waals surface area contributed by atoms with Gasteiger partial charge in [-0.3, -0.25) is 0 Å². The quantitative estimate of drug-likeness (QED) is 0.276. The molecule has 144 valence electrons. The van der Waals surface area contributed by atoms with Gasteiger partial charge in [-0.05, 0) is 53.3 Å². The zero-order valence-corrected chi connectivity index (χ0v) is 16.2. The number of benzene rings is 2. The molecule has 0 saturated heterocycles. The van der Waals surface area contributed by atoms with Crippen molar-refractivity contribution in [1.82, 2.24) is 0 Å². The van der Waals surface area contributed by atoms with Crippen LogP contribution in [0.15, 0.2) is 61.7 Å². The molecule has 0 unspecified atom stereocenters. The average molecular weight is 376 g/mol. The molecule has 0 saturated carbocycles. The van der Waals surface area contributed by atoms with Gasteiger partial charge in [0.25, 0.3) is 0 Å². The van der Waals surface area contributed by atoms with Gasteiger partial charge in [0.15, 0.2) is 0 Å². The zero-order chi connectivity index (χ0) is 20.5. The molecule has 2 aromatic rings. The van der Waals surface area contributed by atoms with Crippen LogP contribution in [0.4, 0.5) is 0 Å². The first-order valence-electron chi connectivity index (χ1n) is 9.13. The van der Waals surface area contributed by atoms with Gasteiger partial charge >= 0.3 is 11.9 Å². The van der Waals surface area contributed by atoms with Crippen LogP contribution in [-0.2, 0) is 22.4 Å². The van der Waals surface area contributed by atoms with E-state index in [2.05, 4.69) is 20.1 Å². The van der Waals surface area contributed by atoms with E-state index in [1.807, 2.05) is 43.3 Å². The van der Waals surface area contributed by atoms with Gasteiger partial charge in [0.1, 0.15) is 11.5 Å². The van der Waals surface area contributed by atoms with Crippen molar-refractivity contribution < 1.29 is 19.1 Å². The van der Waals surface area contributed by atoms with Crippen LogP contribution in [0.5, 0.6) is 11.5 Å². The molecule has 0 aliphatic rings. The van der Waals surface area contributed by atoms with Crippen molar-refractivity contribution in [1.29, 1.82) is 0 Å². The number of hydrogen-bond donors (Lipinski definition) is 0. The molecule has 0 fully saturated rings.